The molecule has 4 N–H and O–H groups in total. The molecule has 0 radical (unpaired) electrons. The Labute approximate surface area is 212 Å². The lowest BCUT2D eigenvalue weighted by atomic mass is 9.81. The molecule has 2 atom stereocenters. The first-order valence-electron chi connectivity index (χ1n) is 12.1. The zero-order valence-corrected chi connectivity index (χ0v) is 21.2. The normalized spacial score (nSPS) is 22.7. The number of rotatable bonds is 5. The number of piperidine rings is 2. The molecule has 2 heterocycles. The Morgan fingerprint density at radius 3 is 2.44 bits per heavy atom. The standard InChI is InChI=1S/C27H34Cl2N4O/c1-18-17-33(11-8-20(18)14-19-6-7-24(28)25(29)15-19)21-9-12-32(13-10-21)27(34)23(16-30)22-4-2-3-5-26(22)31/h2-7,15-16,18,20-21H,8-14,17,30-31H2,1H3. The van der Waals surface area contributed by atoms with Crippen LogP contribution in [0.5, 0.6) is 0 Å². The number of nitrogens with zero attached hydrogens (tertiary/aromatic N) is 2. The highest BCUT2D eigenvalue weighted by Gasteiger charge is 2.33. The number of halogens is 2. The third-order valence-electron chi connectivity index (χ3n) is 7.51. The average Bonchev–Trinajstić information content (AvgIpc) is 2.84. The Morgan fingerprint density at radius 2 is 1.79 bits per heavy atom. The van der Waals surface area contributed by atoms with Crippen molar-refractivity contribution in [2.45, 2.75) is 38.6 Å². The number of amides is 1. The topological polar surface area (TPSA) is 75.6 Å². The fraction of sp³-hybridized carbons (Fsp3) is 0.444. The fourth-order valence-electron chi connectivity index (χ4n) is 5.45. The molecule has 0 spiro atoms. The van der Waals surface area contributed by atoms with Gasteiger partial charge in [0.25, 0.3) is 5.91 Å². The van der Waals surface area contributed by atoms with Crippen molar-refractivity contribution in [2.75, 3.05) is 31.9 Å². The molecule has 2 aliphatic rings. The van der Waals surface area contributed by atoms with Crippen LogP contribution in [-0.4, -0.2) is 47.9 Å². The maximum Gasteiger partial charge on any atom is 0.256 e. The first-order chi connectivity index (χ1) is 16.4. The molecule has 0 saturated carbocycles. The molecule has 34 heavy (non-hydrogen) atoms. The molecule has 2 aliphatic heterocycles. The van der Waals surface area contributed by atoms with Gasteiger partial charge in [-0.2, -0.15) is 0 Å². The summed E-state index contributed by atoms with van der Waals surface area (Å²) in [7, 11) is 0. The van der Waals surface area contributed by atoms with Gasteiger partial charge in [0.1, 0.15) is 0 Å². The molecule has 7 heteroatoms. The second-order valence-corrected chi connectivity index (χ2v) is 10.5. The van der Waals surface area contributed by atoms with E-state index >= 15 is 0 Å². The van der Waals surface area contributed by atoms with Gasteiger partial charge in [-0.1, -0.05) is 54.4 Å². The van der Waals surface area contributed by atoms with Crippen molar-refractivity contribution in [3.63, 3.8) is 0 Å². The second kappa shape index (κ2) is 11.0. The summed E-state index contributed by atoms with van der Waals surface area (Å²) in [5.74, 6) is 1.21. The van der Waals surface area contributed by atoms with Gasteiger partial charge < -0.3 is 16.4 Å². The van der Waals surface area contributed by atoms with Crippen LogP contribution in [0.15, 0.2) is 48.7 Å². The molecule has 0 aliphatic carbocycles. The Hall–Kier alpha value is -2.21. The third kappa shape index (κ3) is 5.54. The molecule has 2 saturated heterocycles. The van der Waals surface area contributed by atoms with E-state index in [0.717, 1.165) is 45.4 Å². The van der Waals surface area contributed by atoms with Crippen LogP contribution in [0, 0.1) is 11.8 Å². The highest BCUT2D eigenvalue weighted by Crippen LogP contribution is 2.32. The van der Waals surface area contributed by atoms with Gasteiger partial charge in [0, 0.05) is 43.1 Å². The van der Waals surface area contributed by atoms with Crippen LogP contribution in [0.3, 0.4) is 0 Å². The van der Waals surface area contributed by atoms with Crippen molar-refractivity contribution in [1.82, 2.24) is 9.80 Å². The number of nitrogens with two attached hydrogens (primary N) is 2. The first-order valence-corrected chi connectivity index (χ1v) is 12.9. The number of anilines is 1. The molecule has 4 rings (SSSR count). The van der Waals surface area contributed by atoms with E-state index in [9.17, 15) is 4.79 Å². The lowest BCUT2D eigenvalue weighted by Crippen LogP contribution is -2.51. The summed E-state index contributed by atoms with van der Waals surface area (Å²) in [5, 5.41) is 1.24. The van der Waals surface area contributed by atoms with Gasteiger partial charge in [-0.05, 0) is 67.8 Å². The van der Waals surface area contributed by atoms with Gasteiger partial charge in [0.15, 0.2) is 0 Å². The van der Waals surface area contributed by atoms with Crippen molar-refractivity contribution in [1.29, 1.82) is 0 Å². The summed E-state index contributed by atoms with van der Waals surface area (Å²) in [5.41, 5.74) is 14.9. The molecular weight excluding hydrogens is 467 g/mol. The van der Waals surface area contributed by atoms with Crippen LogP contribution < -0.4 is 11.5 Å². The molecule has 1 amide bonds. The number of para-hydroxylation sites is 1. The molecule has 2 unspecified atom stereocenters. The Kier molecular flexibility index (Phi) is 8.07. The van der Waals surface area contributed by atoms with E-state index in [1.165, 1.54) is 18.2 Å². The predicted molar refractivity (Wildman–Crippen MR) is 142 cm³/mol. The number of hydrogen-bond acceptors (Lipinski definition) is 4. The summed E-state index contributed by atoms with van der Waals surface area (Å²) in [6.07, 6.45) is 5.57. The van der Waals surface area contributed by atoms with Crippen LogP contribution >= 0.6 is 23.2 Å². The molecule has 182 valence electrons. The SMILES string of the molecule is CC1CN(C2CCN(C(=O)C(=CN)c3ccccc3N)CC2)CCC1Cc1ccc(Cl)c(Cl)c1. The number of benzene rings is 2. The van der Waals surface area contributed by atoms with Crippen LogP contribution in [0.2, 0.25) is 10.0 Å². The average molecular weight is 502 g/mol. The van der Waals surface area contributed by atoms with Crippen molar-refractivity contribution >= 4 is 40.4 Å². The number of nitrogen functional groups attached to an aromatic ring is 1. The molecule has 2 aromatic rings. The minimum atomic E-state index is -0.0347. The van der Waals surface area contributed by atoms with Gasteiger partial charge >= 0.3 is 0 Å². The van der Waals surface area contributed by atoms with Gasteiger partial charge in [-0.15, -0.1) is 0 Å². The van der Waals surface area contributed by atoms with Crippen LogP contribution in [0.4, 0.5) is 5.69 Å². The highest BCUT2D eigenvalue weighted by atomic mass is 35.5. The number of carbonyl (C=O) groups excluding carboxylic acids is 1. The van der Waals surface area contributed by atoms with Crippen LogP contribution in [0.1, 0.15) is 37.3 Å². The van der Waals surface area contributed by atoms with Gasteiger partial charge in [0.2, 0.25) is 0 Å². The lowest BCUT2D eigenvalue weighted by Gasteiger charge is -2.44. The van der Waals surface area contributed by atoms with E-state index in [1.807, 2.05) is 35.2 Å². The van der Waals surface area contributed by atoms with Crippen LogP contribution in [0.25, 0.3) is 5.57 Å². The van der Waals surface area contributed by atoms with E-state index in [2.05, 4.69) is 17.9 Å². The predicted octanol–water partition coefficient (Wildman–Crippen LogP) is 5.07. The maximum absolute atomic E-state index is 13.2. The molecule has 2 fully saturated rings. The van der Waals surface area contributed by atoms with E-state index in [4.69, 9.17) is 34.7 Å². The number of likely N-dealkylation sites (tertiary alicyclic amines) is 2. The quantitative estimate of drug-likeness (QED) is 0.443. The third-order valence-corrected chi connectivity index (χ3v) is 8.25. The molecule has 2 aromatic carbocycles. The van der Waals surface area contributed by atoms with E-state index in [1.54, 1.807) is 6.07 Å². The summed E-state index contributed by atoms with van der Waals surface area (Å²) in [6.45, 7) is 6.04. The Morgan fingerprint density at radius 1 is 1.06 bits per heavy atom. The number of hydrogen-bond donors (Lipinski definition) is 2. The molecule has 0 aromatic heterocycles. The van der Waals surface area contributed by atoms with Crippen LogP contribution in [-0.2, 0) is 11.2 Å². The van der Waals surface area contributed by atoms with Crippen molar-refractivity contribution in [3.05, 3.63) is 69.8 Å². The van der Waals surface area contributed by atoms with E-state index in [0.29, 0.717) is 44.7 Å². The molecule has 0 bridgehead atoms. The van der Waals surface area contributed by atoms with Gasteiger partial charge in [0.05, 0.1) is 15.6 Å². The number of carbonyl (C=O) groups is 1. The molecular formula is C27H34Cl2N4O. The first kappa shape index (κ1) is 24.9. The Balaban J connectivity index is 1.30. The maximum atomic E-state index is 13.2. The van der Waals surface area contributed by atoms with Gasteiger partial charge in [-0.3, -0.25) is 9.69 Å². The van der Waals surface area contributed by atoms with Crippen molar-refractivity contribution in [3.8, 4) is 0 Å². The monoisotopic (exact) mass is 500 g/mol. The lowest BCUT2D eigenvalue weighted by molar-refractivity contribution is -0.126. The van der Waals surface area contributed by atoms with Crippen molar-refractivity contribution < 1.29 is 4.79 Å². The van der Waals surface area contributed by atoms with Crippen molar-refractivity contribution in [2.24, 2.45) is 17.6 Å². The summed E-state index contributed by atoms with van der Waals surface area (Å²) in [6, 6.07) is 13.9. The smallest absolute Gasteiger partial charge is 0.256 e. The van der Waals surface area contributed by atoms with Gasteiger partial charge in [-0.25, -0.2) is 0 Å². The second-order valence-electron chi connectivity index (χ2n) is 9.66. The Bertz CT molecular complexity index is 1050. The minimum Gasteiger partial charge on any atom is -0.404 e. The molecule has 5 nitrogen and oxygen atoms in total. The zero-order chi connectivity index (χ0) is 24.2. The van der Waals surface area contributed by atoms with E-state index < -0.39 is 0 Å². The zero-order valence-electron chi connectivity index (χ0n) is 19.7. The highest BCUT2D eigenvalue weighted by molar-refractivity contribution is 6.42. The largest absolute Gasteiger partial charge is 0.404 e. The summed E-state index contributed by atoms with van der Waals surface area (Å²) < 4.78 is 0. The minimum absolute atomic E-state index is 0.0347. The fourth-order valence-corrected chi connectivity index (χ4v) is 5.77. The summed E-state index contributed by atoms with van der Waals surface area (Å²) in [4.78, 5) is 17.7. The summed E-state index contributed by atoms with van der Waals surface area (Å²) >= 11 is 12.3. The van der Waals surface area contributed by atoms with E-state index in [-0.39, 0.29) is 5.91 Å².